The van der Waals surface area contributed by atoms with Gasteiger partial charge >= 0.3 is 0 Å². The van der Waals surface area contributed by atoms with E-state index in [1.54, 1.807) is 0 Å². The van der Waals surface area contributed by atoms with Crippen LogP contribution in [0.5, 0.6) is 0 Å². The van der Waals surface area contributed by atoms with Gasteiger partial charge in [0.25, 0.3) is 0 Å². The molecule has 4 nitrogen and oxygen atoms in total. The zero-order valence-electron chi connectivity index (χ0n) is 10.9. The van der Waals surface area contributed by atoms with Crippen molar-refractivity contribution in [1.29, 1.82) is 0 Å². The van der Waals surface area contributed by atoms with Crippen molar-refractivity contribution in [2.45, 2.75) is 45.8 Å². The predicted octanol–water partition coefficient (Wildman–Crippen LogP) is 1.18. The van der Waals surface area contributed by atoms with Gasteiger partial charge in [0.2, 0.25) is 0 Å². The Hall–Kier alpha value is -0.160. The Morgan fingerprint density at radius 3 is 2.56 bits per heavy atom. The molecule has 0 bridgehead atoms. The molecule has 0 aliphatic heterocycles. The Balaban J connectivity index is 3.31. The van der Waals surface area contributed by atoms with E-state index in [1.165, 1.54) is 0 Å². The van der Waals surface area contributed by atoms with Gasteiger partial charge in [0.15, 0.2) is 0 Å². The molecule has 0 aromatic rings. The molecule has 4 heteroatoms. The largest absolute Gasteiger partial charge is 0.389 e. The molecule has 0 saturated carbocycles. The summed E-state index contributed by atoms with van der Waals surface area (Å²) in [6.45, 7) is 9.26. The number of aliphatic hydroxyl groups is 1. The molecule has 0 spiro atoms. The average Bonchev–Trinajstić information content (AvgIpc) is 2.29. The van der Waals surface area contributed by atoms with E-state index in [2.05, 4.69) is 12.2 Å². The van der Waals surface area contributed by atoms with Crippen LogP contribution < -0.4 is 5.32 Å². The van der Waals surface area contributed by atoms with Crippen LogP contribution in [0.3, 0.4) is 0 Å². The monoisotopic (exact) mass is 233 g/mol. The van der Waals surface area contributed by atoms with Crippen molar-refractivity contribution in [3.8, 4) is 0 Å². The predicted molar refractivity (Wildman–Crippen MR) is 65.7 cm³/mol. The van der Waals surface area contributed by atoms with Gasteiger partial charge in [0.1, 0.15) is 0 Å². The molecule has 0 amide bonds. The number of unbranched alkanes of at least 4 members (excludes halogenated alkanes) is 1. The Morgan fingerprint density at radius 2 is 1.94 bits per heavy atom. The van der Waals surface area contributed by atoms with Gasteiger partial charge in [-0.2, -0.15) is 0 Å². The molecule has 0 rings (SSSR count). The van der Waals surface area contributed by atoms with Crippen molar-refractivity contribution >= 4 is 0 Å². The molecule has 0 radical (unpaired) electrons. The summed E-state index contributed by atoms with van der Waals surface area (Å²) in [4.78, 5) is 0. The first kappa shape index (κ1) is 15.8. The summed E-state index contributed by atoms with van der Waals surface area (Å²) >= 11 is 0. The second-order valence-corrected chi connectivity index (χ2v) is 4.05. The smallest absolute Gasteiger partial charge is 0.0897 e. The Bertz CT molecular complexity index is 144. The number of ether oxygens (including phenoxy) is 2. The molecule has 0 saturated heterocycles. The normalized spacial score (nSPS) is 15.0. The Kier molecular flexibility index (Phi) is 11.2. The molecule has 0 aromatic carbocycles. The van der Waals surface area contributed by atoms with E-state index >= 15 is 0 Å². The number of rotatable bonds is 11. The van der Waals surface area contributed by atoms with Crippen LogP contribution in [0.4, 0.5) is 0 Å². The Morgan fingerprint density at radius 1 is 1.19 bits per heavy atom. The maximum Gasteiger partial charge on any atom is 0.0897 e. The van der Waals surface area contributed by atoms with Crippen LogP contribution in [-0.2, 0) is 9.47 Å². The zero-order chi connectivity index (χ0) is 12.2. The third-order valence-electron chi connectivity index (χ3n) is 2.23. The van der Waals surface area contributed by atoms with E-state index in [9.17, 15) is 5.11 Å². The summed E-state index contributed by atoms with van der Waals surface area (Å²) in [7, 11) is 0. The molecular weight excluding hydrogens is 206 g/mol. The van der Waals surface area contributed by atoms with E-state index in [-0.39, 0.29) is 6.04 Å². The third kappa shape index (κ3) is 10.4. The molecule has 0 heterocycles. The highest BCUT2D eigenvalue weighted by Gasteiger charge is 2.06. The van der Waals surface area contributed by atoms with Crippen molar-refractivity contribution < 1.29 is 14.6 Å². The summed E-state index contributed by atoms with van der Waals surface area (Å²) in [6, 6.07) is 0.269. The summed E-state index contributed by atoms with van der Waals surface area (Å²) in [5, 5.41) is 12.8. The topological polar surface area (TPSA) is 50.7 Å². The fraction of sp³-hybridized carbons (Fsp3) is 1.00. The average molecular weight is 233 g/mol. The van der Waals surface area contributed by atoms with Gasteiger partial charge in [-0.25, -0.2) is 0 Å². The highest BCUT2D eigenvalue weighted by atomic mass is 16.5. The Labute approximate surface area is 99.3 Å². The molecule has 0 aliphatic carbocycles. The zero-order valence-corrected chi connectivity index (χ0v) is 10.9. The quantitative estimate of drug-likeness (QED) is 0.526. The summed E-state index contributed by atoms with van der Waals surface area (Å²) in [6.07, 6.45) is 1.75. The summed E-state index contributed by atoms with van der Waals surface area (Å²) < 4.78 is 10.6. The summed E-state index contributed by atoms with van der Waals surface area (Å²) in [5.41, 5.74) is 0. The maximum absolute atomic E-state index is 9.59. The fourth-order valence-electron chi connectivity index (χ4n) is 1.22. The van der Waals surface area contributed by atoms with Crippen LogP contribution in [-0.4, -0.2) is 50.2 Å². The minimum absolute atomic E-state index is 0.269. The van der Waals surface area contributed by atoms with Crippen molar-refractivity contribution in [1.82, 2.24) is 5.32 Å². The fourth-order valence-corrected chi connectivity index (χ4v) is 1.22. The number of hydrogen-bond acceptors (Lipinski definition) is 4. The minimum atomic E-state index is -0.430. The van der Waals surface area contributed by atoms with Gasteiger partial charge in [-0.3, -0.25) is 0 Å². The first-order valence-electron chi connectivity index (χ1n) is 6.27. The lowest BCUT2D eigenvalue weighted by Crippen LogP contribution is -2.38. The van der Waals surface area contributed by atoms with Crippen LogP contribution in [0.25, 0.3) is 0 Å². The lowest BCUT2D eigenvalue weighted by Gasteiger charge is -2.17. The van der Waals surface area contributed by atoms with Crippen molar-refractivity contribution in [2.75, 3.05) is 33.0 Å². The van der Waals surface area contributed by atoms with Crippen molar-refractivity contribution in [2.24, 2.45) is 0 Å². The van der Waals surface area contributed by atoms with E-state index in [0.29, 0.717) is 19.8 Å². The molecule has 98 valence electrons. The van der Waals surface area contributed by atoms with Gasteiger partial charge in [-0.05, 0) is 20.3 Å². The number of hydrogen-bond donors (Lipinski definition) is 2. The first-order chi connectivity index (χ1) is 7.70. The van der Waals surface area contributed by atoms with Gasteiger partial charge in [-0.15, -0.1) is 0 Å². The molecule has 16 heavy (non-hydrogen) atoms. The third-order valence-corrected chi connectivity index (χ3v) is 2.23. The molecular formula is C12H27NO3. The standard InChI is InChI=1S/C12H27NO3/c1-4-6-7-16-10-12(14)8-13-11(3)9-15-5-2/h11-14H,4-10H2,1-3H3. The molecule has 2 unspecified atom stereocenters. The number of aliphatic hydroxyl groups excluding tert-OH is 1. The molecule has 2 N–H and O–H groups in total. The van der Waals surface area contributed by atoms with Crippen LogP contribution in [0.2, 0.25) is 0 Å². The van der Waals surface area contributed by atoms with E-state index in [1.807, 2.05) is 13.8 Å². The van der Waals surface area contributed by atoms with Crippen molar-refractivity contribution in [3.63, 3.8) is 0 Å². The highest BCUT2D eigenvalue weighted by molar-refractivity contribution is 4.64. The van der Waals surface area contributed by atoms with E-state index < -0.39 is 6.10 Å². The lowest BCUT2D eigenvalue weighted by atomic mass is 10.3. The van der Waals surface area contributed by atoms with Crippen LogP contribution in [0.15, 0.2) is 0 Å². The minimum Gasteiger partial charge on any atom is -0.389 e. The molecule has 0 fully saturated rings. The second-order valence-electron chi connectivity index (χ2n) is 4.05. The maximum atomic E-state index is 9.59. The van der Waals surface area contributed by atoms with Gasteiger partial charge in [-0.1, -0.05) is 13.3 Å². The SMILES string of the molecule is CCCCOCC(O)CNC(C)COCC. The van der Waals surface area contributed by atoms with E-state index in [4.69, 9.17) is 9.47 Å². The molecule has 0 aliphatic rings. The van der Waals surface area contributed by atoms with Gasteiger partial charge in [0, 0.05) is 25.8 Å². The lowest BCUT2D eigenvalue weighted by molar-refractivity contribution is 0.0323. The van der Waals surface area contributed by atoms with Gasteiger partial charge < -0.3 is 19.9 Å². The first-order valence-corrected chi connectivity index (χ1v) is 6.27. The number of nitrogens with one attached hydrogen (secondary N) is 1. The van der Waals surface area contributed by atoms with Crippen LogP contribution in [0.1, 0.15) is 33.6 Å². The van der Waals surface area contributed by atoms with Crippen LogP contribution >= 0.6 is 0 Å². The van der Waals surface area contributed by atoms with E-state index in [0.717, 1.165) is 26.1 Å². The molecule has 0 aromatic heterocycles. The molecule has 2 atom stereocenters. The van der Waals surface area contributed by atoms with Crippen LogP contribution in [0, 0.1) is 0 Å². The van der Waals surface area contributed by atoms with Gasteiger partial charge in [0.05, 0.1) is 19.3 Å². The second kappa shape index (κ2) is 11.3. The highest BCUT2D eigenvalue weighted by Crippen LogP contribution is 1.91. The van der Waals surface area contributed by atoms with Crippen molar-refractivity contribution in [3.05, 3.63) is 0 Å². The summed E-state index contributed by atoms with van der Waals surface area (Å²) in [5.74, 6) is 0.